The molecule has 0 amide bonds. The lowest BCUT2D eigenvalue weighted by atomic mass is 10.4. The summed E-state index contributed by atoms with van der Waals surface area (Å²) in [7, 11) is -4.11. The summed E-state index contributed by atoms with van der Waals surface area (Å²) in [6.07, 6.45) is 0. The Morgan fingerprint density at radius 2 is 2.14 bits per heavy atom. The molecule has 0 heterocycles. The van der Waals surface area contributed by atoms with E-state index in [4.69, 9.17) is 16.7 Å². The Kier molecular flexibility index (Phi) is 3.47. The lowest BCUT2D eigenvalue weighted by Gasteiger charge is -2.06. The average molecular weight is 239 g/mol. The van der Waals surface area contributed by atoms with Gasteiger partial charge in [0.15, 0.2) is 0 Å². The molecule has 1 atom stereocenters. The Bertz CT molecular complexity index is 418. The molecule has 0 radical (unpaired) electrons. The maximum Gasteiger partial charge on any atom is 0.228 e. The number of aliphatic hydroxyl groups is 1. The van der Waals surface area contributed by atoms with Crippen LogP contribution in [0.15, 0.2) is 29.2 Å². The molecule has 0 saturated carbocycles. The molecule has 3 nitrogen and oxygen atoms in total. The van der Waals surface area contributed by atoms with Gasteiger partial charge in [-0.15, -0.1) is 0 Å². The van der Waals surface area contributed by atoms with Crippen LogP contribution in [0.3, 0.4) is 0 Å². The van der Waals surface area contributed by atoms with Crippen molar-refractivity contribution in [3.05, 3.63) is 29.3 Å². The molecule has 78 valence electrons. The number of aliphatic hydroxyl groups excluding tert-OH is 1. The van der Waals surface area contributed by atoms with Gasteiger partial charge < -0.3 is 5.11 Å². The second kappa shape index (κ2) is 4.25. The fourth-order valence-corrected chi connectivity index (χ4v) is 2.20. The van der Waals surface area contributed by atoms with Crippen LogP contribution in [0.5, 0.6) is 0 Å². The summed E-state index contributed by atoms with van der Waals surface area (Å²) in [4.78, 5) is -0.230. The van der Waals surface area contributed by atoms with E-state index in [9.17, 15) is 12.8 Å². The van der Waals surface area contributed by atoms with Gasteiger partial charge in [0.2, 0.25) is 15.3 Å². The highest BCUT2D eigenvalue weighted by Gasteiger charge is 2.26. The Morgan fingerprint density at radius 3 is 2.64 bits per heavy atom. The SMILES string of the molecule is O=S(=O)(c1cccc(Cl)c1)C(F)CO. The van der Waals surface area contributed by atoms with Gasteiger partial charge in [-0.05, 0) is 18.2 Å². The highest BCUT2D eigenvalue weighted by atomic mass is 35.5. The lowest BCUT2D eigenvalue weighted by Crippen LogP contribution is -2.20. The van der Waals surface area contributed by atoms with Crippen molar-refractivity contribution in [2.45, 2.75) is 10.4 Å². The molecule has 1 N–H and O–H groups in total. The highest BCUT2D eigenvalue weighted by Crippen LogP contribution is 2.20. The first-order chi connectivity index (χ1) is 6.48. The molecule has 0 aliphatic heterocycles. The Balaban J connectivity index is 3.17. The van der Waals surface area contributed by atoms with Gasteiger partial charge in [-0.1, -0.05) is 17.7 Å². The van der Waals surface area contributed by atoms with E-state index in [0.29, 0.717) is 0 Å². The molecule has 1 aromatic rings. The van der Waals surface area contributed by atoms with Crippen molar-refractivity contribution >= 4 is 21.4 Å². The molecular weight excluding hydrogens is 231 g/mol. The van der Waals surface area contributed by atoms with Crippen LogP contribution in [0.2, 0.25) is 5.02 Å². The number of rotatable bonds is 3. The Labute approximate surface area is 86.0 Å². The number of hydrogen-bond donors (Lipinski definition) is 1. The quantitative estimate of drug-likeness (QED) is 0.866. The maximum atomic E-state index is 12.8. The van der Waals surface area contributed by atoms with Crippen LogP contribution in [0.4, 0.5) is 4.39 Å². The predicted octanol–water partition coefficient (Wildman–Crippen LogP) is 1.40. The third-order valence-electron chi connectivity index (χ3n) is 1.60. The van der Waals surface area contributed by atoms with Crippen molar-refractivity contribution in [1.82, 2.24) is 0 Å². The molecule has 1 unspecified atom stereocenters. The summed E-state index contributed by atoms with van der Waals surface area (Å²) >= 11 is 5.55. The summed E-state index contributed by atoms with van der Waals surface area (Å²) in [5.74, 6) is 0. The van der Waals surface area contributed by atoms with Gasteiger partial charge >= 0.3 is 0 Å². The molecule has 1 rings (SSSR count). The number of halogens is 2. The summed E-state index contributed by atoms with van der Waals surface area (Å²) in [6.45, 7) is -1.06. The second-order valence-electron chi connectivity index (χ2n) is 2.60. The van der Waals surface area contributed by atoms with E-state index in [2.05, 4.69) is 0 Å². The van der Waals surface area contributed by atoms with Gasteiger partial charge in [0.25, 0.3) is 0 Å². The standard InChI is InChI=1S/C8H8ClFO3S/c9-6-2-1-3-7(4-6)14(12,13)8(10)5-11/h1-4,8,11H,5H2. The third-order valence-corrected chi connectivity index (χ3v) is 3.57. The highest BCUT2D eigenvalue weighted by molar-refractivity contribution is 7.92. The van der Waals surface area contributed by atoms with Crippen LogP contribution in [-0.4, -0.2) is 25.6 Å². The maximum absolute atomic E-state index is 12.8. The van der Waals surface area contributed by atoms with Crippen molar-refractivity contribution in [3.8, 4) is 0 Å². The molecule has 0 spiro atoms. The van der Waals surface area contributed by atoms with Crippen LogP contribution in [0.25, 0.3) is 0 Å². The van der Waals surface area contributed by atoms with Crippen LogP contribution in [0, 0.1) is 0 Å². The molecule has 0 aliphatic carbocycles. The largest absolute Gasteiger partial charge is 0.392 e. The Hall–Kier alpha value is -0.650. The van der Waals surface area contributed by atoms with Gasteiger partial charge in [0.1, 0.15) is 0 Å². The lowest BCUT2D eigenvalue weighted by molar-refractivity contribution is 0.226. The van der Waals surface area contributed by atoms with Crippen molar-refractivity contribution in [1.29, 1.82) is 0 Å². The van der Waals surface area contributed by atoms with E-state index in [1.54, 1.807) is 0 Å². The minimum atomic E-state index is -4.11. The van der Waals surface area contributed by atoms with Gasteiger partial charge in [-0.2, -0.15) is 0 Å². The van der Waals surface area contributed by atoms with Crippen molar-refractivity contribution in [2.75, 3.05) is 6.61 Å². The molecule has 0 fully saturated rings. The van der Waals surface area contributed by atoms with E-state index < -0.39 is 21.9 Å². The number of alkyl halides is 1. The van der Waals surface area contributed by atoms with E-state index in [-0.39, 0.29) is 9.92 Å². The summed E-state index contributed by atoms with van der Waals surface area (Å²) in [6, 6.07) is 5.24. The number of benzene rings is 1. The number of hydrogen-bond acceptors (Lipinski definition) is 3. The Morgan fingerprint density at radius 1 is 1.50 bits per heavy atom. The molecular formula is C8H8ClFO3S. The first kappa shape index (κ1) is 11.4. The van der Waals surface area contributed by atoms with Crippen LogP contribution in [0.1, 0.15) is 0 Å². The molecule has 1 aromatic carbocycles. The fourth-order valence-electron chi connectivity index (χ4n) is 0.890. The summed E-state index contributed by atoms with van der Waals surface area (Å²) in [5.41, 5.74) is -2.30. The smallest absolute Gasteiger partial charge is 0.228 e. The molecule has 0 aliphatic rings. The molecule has 14 heavy (non-hydrogen) atoms. The molecule has 6 heteroatoms. The zero-order valence-corrected chi connectivity index (χ0v) is 8.59. The first-order valence-electron chi connectivity index (χ1n) is 3.73. The monoisotopic (exact) mass is 238 g/mol. The third kappa shape index (κ3) is 2.23. The second-order valence-corrected chi connectivity index (χ2v) is 5.10. The van der Waals surface area contributed by atoms with Crippen LogP contribution < -0.4 is 0 Å². The van der Waals surface area contributed by atoms with E-state index in [1.165, 1.54) is 18.2 Å². The van der Waals surface area contributed by atoms with E-state index in [1.807, 2.05) is 0 Å². The normalized spacial score (nSPS) is 13.9. The first-order valence-corrected chi connectivity index (χ1v) is 5.65. The number of sulfone groups is 1. The summed E-state index contributed by atoms with van der Waals surface area (Å²) < 4.78 is 35.5. The van der Waals surface area contributed by atoms with Gasteiger partial charge in [0, 0.05) is 5.02 Å². The topological polar surface area (TPSA) is 54.4 Å². The zero-order valence-electron chi connectivity index (χ0n) is 7.02. The van der Waals surface area contributed by atoms with Crippen LogP contribution >= 0.6 is 11.6 Å². The van der Waals surface area contributed by atoms with Crippen LogP contribution in [-0.2, 0) is 9.84 Å². The van der Waals surface area contributed by atoms with E-state index >= 15 is 0 Å². The summed E-state index contributed by atoms with van der Waals surface area (Å²) in [5, 5.41) is 8.62. The van der Waals surface area contributed by atoms with E-state index in [0.717, 1.165) is 6.07 Å². The molecule has 0 aromatic heterocycles. The fraction of sp³-hybridized carbons (Fsp3) is 0.250. The molecule has 0 bridgehead atoms. The molecule has 0 saturated heterocycles. The minimum Gasteiger partial charge on any atom is -0.392 e. The van der Waals surface area contributed by atoms with Gasteiger partial charge in [-0.25, -0.2) is 12.8 Å². The van der Waals surface area contributed by atoms with Crippen molar-refractivity contribution < 1.29 is 17.9 Å². The average Bonchev–Trinajstić information content (AvgIpc) is 2.16. The van der Waals surface area contributed by atoms with Crippen molar-refractivity contribution in [2.24, 2.45) is 0 Å². The van der Waals surface area contributed by atoms with Gasteiger partial charge in [0.05, 0.1) is 11.5 Å². The minimum absolute atomic E-state index is 0.205. The predicted molar refractivity (Wildman–Crippen MR) is 50.6 cm³/mol. The van der Waals surface area contributed by atoms with Gasteiger partial charge in [-0.3, -0.25) is 0 Å². The zero-order chi connectivity index (χ0) is 10.8. The van der Waals surface area contributed by atoms with Crippen molar-refractivity contribution in [3.63, 3.8) is 0 Å².